The maximum atomic E-state index is 6.11. The molecule has 1 aliphatic heterocycles. The standard InChI is InChI=1S/C16H20BIN2O2/c1-15(2)16(3,4)22-17(21-15)13-7-5-6-12(8-13)10-20-11-14(18)9-19-20/h5-9,11H,10H2,1-4H3. The van der Waals surface area contributed by atoms with Crippen molar-refractivity contribution in [3.63, 3.8) is 0 Å². The highest BCUT2D eigenvalue weighted by atomic mass is 127. The fourth-order valence-corrected chi connectivity index (χ4v) is 2.88. The van der Waals surface area contributed by atoms with E-state index in [1.165, 1.54) is 5.56 Å². The van der Waals surface area contributed by atoms with Gasteiger partial charge in [-0.1, -0.05) is 24.3 Å². The molecular formula is C16H20BIN2O2. The summed E-state index contributed by atoms with van der Waals surface area (Å²) in [6.07, 6.45) is 3.89. The number of hydrogen-bond acceptors (Lipinski definition) is 3. The largest absolute Gasteiger partial charge is 0.494 e. The lowest BCUT2D eigenvalue weighted by Gasteiger charge is -2.32. The Bertz CT molecular complexity index is 668. The van der Waals surface area contributed by atoms with E-state index in [1.807, 2.05) is 23.1 Å². The van der Waals surface area contributed by atoms with Crippen LogP contribution in [0.4, 0.5) is 0 Å². The van der Waals surface area contributed by atoms with Crippen molar-refractivity contribution < 1.29 is 9.31 Å². The second kappa shape index (κ2) is 5.65. The first kappa shape index (κ1) is 16.0. The minimum absolute atomic E-state index is 0.314. The van der Waals surface area contributed by atoms with Crippen molar-refractivity contribution in [3.8, 4) is 0 Å². The van der Waals surface area contributed by atoms with Crippen LogP contribution in [0.5, 0.6) is 0 Å². The first-order chi connectivity index (χ1) is 10.3. The number of aromatic nitrogens is 2. The molecule has 0 bridgehead atoms. The Morgan fingerprint density at radius 2 is 1.86 bits per heavy atom. The molecule has 0 N–H and O–H groups in total. The number of benzene rings is 1. The normalized spacial score (nSPS) is 19.6. The zero-order valence-electron chi connectivity index (χ0n) is 13.3. The maximum Gasteiger partial charge on any atom is 0.494 e. The SMILES string of the molecule is CC1(C)OB(c2cccc(Cn3cc(I)cn3)c2)OC1(C)C. The van der Waals surface area contributed by atoms with Gasteiger partial charge in [0.1, 0.15) is 0 Å². The third-order valence-electron chi connectivity index (χ3n) is 4.42. The van der Waals surface area contributed by atoms with Gasteiger partial charge in [0.2, 0.25) is 0 Å². The van der Waals surface area contributed by atoms with Gasteiger partial charge in [-0.05, 0) is 61.3 Å². The molecule has 0 unspecified atom stereocenters. The lowest BCUT2D eigenvalue weighted by Crippen LogP contribution is -2.41. The molecular weight excluding hydrogens is 390 g/mol. The Kier molecular flexibility index (Phi) is 4.12. The molecule has 1 aromatic carbocycles. The molecule has 3 rings (SSSR count). The summed E-state index contributed by atoms with van der Waals surface area (Å²) < 4.78 is 15.3. The predicted octanol–water partition coefficient (Wildman–Crippen LogP) is 2.84. The van der Waals surface area contributed by atoms with Gasteiger partial charge in [0.15, 0.2) is 0 Å². The molecule has 1 saturated heterocycles. The Morgan fingerprint density at radius 1 is 1.18 bits per heavy atom. The molecule has 2 heterocycles. The van der Waals surface area contributed by atoms with Gasteiger partial charge in [-0.3, -0.25) is 4.68 Å². The van der Waals surface area contributed by atoms with Crippen molar-refractivity contribution in [2.75, 3.05) is 0 Å². The molecule has 0 saturated carbocycles. The van der Waals surface area contributed by atoms with Gasteiger partial charge in [-0.15, -0.1) is 0 Å². The van der Waals surface area contributed by atoms with Crippen LogP contribution in [-0.4, -0.2) is 28.1 Å². The number of nitrogens with zero attached hydrogens (tertiary/aromatic N) is 2. The minimum Gasteiger partial charge on any atom is -0.399 e. The van der Waals surface area contributed by atoms with Crippen LogP contribution in [-0.2, 0) is 15.9 Å². The molecule has 116 valence electrons. The van der Waals surface area contributed by atoms with Crippen LogP contribution >= 0.6 is 22.6 Å². The van der Waals surface area contributed by atoms with E-state index in [4.69, 9.17) is 9.31 Å². The molecule has 0 amide bonds. The predicted molar refractivity (Wildman–Crippen MR) is 96.2 cm³/mol. The lowest BCUT2D eigenvalue weighted by molar-refractivity contribution is 0.00578. The summed E-state index contributed by atoms with van der Waals surface area (Å²) in [6, 6.07) is 8.34. The third kappa shape index (κ3) is 3.09. The molecule has 0 atom stereocenters. The summed E-state index contributed by atoms with van der Waals surface area (Å²) in [4.78, 5) is 0. The van der Waals surface area contributed by atoms with Crippen LogP contribution in [0.2, 0.25) is 0 Å². The summed E-state index contributed by atoms with van der Waals surface area (Å²) in [5.74, 6) is 0. The molecule has 1 aromatic heterocycles. The van der Waals surface area contributed by atoms with Crippen LogP contribution in [0.3, 0.4) is 0 Å². The highest BCUT2D eigenvalue weighted by molar-refractivity contribution is 14.1. The zero-order chi connectivity index (χ0) is 16.0. The van der Waals surface area contributed by atoms with E-state index in [2.05, 4.69) is 73.6 Å². The van der Waals surface area contributed by atoms with Gasteiger partial charge < -0.3 is 9.31 Å². The fraction of sp³-hybridized carbons (Fsp3) is 0.438. The van der Waals surface area contributed by atoms with Crippen molar-refractivity contribution in [2.24, 2.45) is 0 Å². The highest BCUT2D eigenvalue weighted by Gasteiger charge is 2.51. The van der Waals surface area contributed by atoms with Crippen molar-refractivity contribution in [3.05, 3.63) is 45.8 Å². The fourth-order valence-electron chi connectivity index (χ4n) is 2.43. The molecule has 22 heavy (non-hydrogen) atoms. The summed E-state index contributed by atoms with van der Waals surface area (Å²) in [7, 11) is -0.317. The van der Waals surface area contributed by atoms with E-state index in [0.29, 0.717) is 0 Å². The zero-order valence-corrected chi connectivity index (χ0v) is 15.5. The van der Waals surface area contributed by atoms with Gasteiger partial charge in [-0.25, -0.2) is 0 Å². The molecule has 2 aromatic rings. The van der Waals surface area contributed by atoms with Gasteiger partial charge >= 0.3 is 7.12 Å². The third-order valence-corrected chi connectivity index (χ3v) is 4.98. The topological polar surface area (TPSA) is 36.3 Å². The second-order valence-corrected chi connectivity index (χ2v) is 7.94. The Morgan fingerprint density at radius 3 is 2.45 bits per heavy atom. The summed E-state index contributed by atoms with van der Waals surface area (Å²) in [6.45, 7) is 9.03. The van der Waals surface area contributed by atoms with E-state index in [1.54, 1.807) is 0 Å². The van der Waals surface area contributed by atoms with Crippen LogP contribution < -0.4 is 5.46 Å². The van der Waals surface area contributed by atoms with E-state index in [-0.39, 0.29) is 18.3 Å². The van der Waals surface area contributed by atoms with Gasteiger partial charge in [0, 0.05) is 6.20 Å². The number of halogens is 1. The van der Waals surface area contributed by atoms with Crippen molar-refractivity contribution >= 4 is 35.2 Å². The van der Waals surface area contributed by atoms with Crippen LogP contribution in [0, 0.1) is 3.57 Å². The van der Waals surface area contributed by atoms with E-state index < -0.39 is 0 Å². The Balaban J connectivity index is 1.80. The molecule has 1 aliphatic rings. The van der Waals surface area contributed by atoms with Crippen LogP contribution in [0.25, 0.3) is 0 Å². The van der Waals surface area contributed by atoms with Crippen LogP contribution in [0.15, 0.2) is 36.7 Å². The van der Waals surface area contributed by atoms with Gasteiger partial charge in [-0.2, -0.15) is 5.10 Å². The average Bonchev–Trinajstić information content (AvgIpc) is 2.91. The quantitative estimate of drug-likeness (QED) is 0.577. The summed E-state index contributed by atoms with van der Waals surface area (Å²) in [5, 5.41) is 4.33. The minimum atomic E-state index is -0.317. The first-order valence-corrected chi connectivity index (χ1v) is 8.47. The molecule has 6 heteroatoms. The summed E-state index contributed by atoms with van der Waals surface area (Å²) >= 11 is 2.27. The molecule has 4 nitrogen and oxygen atoms in total. The second-order valence-electron chi connectivity index (χ2n) is 6.69. The Labute approximate surface area is 145 Å². The van der Waals surface area contributed by atoms with Gasteiger partial charge in [0.25, 0.3) is 0 Å². The highest BCUT2D eigenvalue weighted by Crippen LogP contribution is 2.36. The van der Waals surface area contributed by atoms with Crippen molar-refractivity contribution in [1.82, 2.24) is 9.78 Å². The lowest BCUT2D eigenvalue weighted by atomic mass is 9.78. The first-order valence-electron chi connectivity index (χ1n) is 7.39. The molecule has 0 aliphatic carbocycles. The van der Waals surface area contributed by atoms with Crippen LogP contribution in [0.1, 0.15) is 33.3 Å². The summed E-state index contributed by atoms with van der Waals surface area (Å²) in [5.41, 5.74) is 1.61. The van der Waals surface area contributed by atoms with E-state index in [0.717, 1.165) is 15.6 Å². The number of rotatable bonds is 3. The molecule has 0 spiro atoms. The van der Waals surface area contributed by atoms with E-state index >= 15 is 0 Å². The smallest absolute Gasteiger partial charge is 0.399 e. The van der Waals surface area contributed by atoms with E-state index in [9.17, 15) is 0 Å². The monoisotopic (exact) mass is 410 g/mol. The van der Waals surface area contributed by atoms with Gasteiger partial charge in [0.05, 0.1) is 27.5 Å². The molecule has 0 radical (unpaired) electrons. The van der Waals surface area contributed by atoms with Crippen molar-refractivity contribution in [1.29, 1.82) is 0 Å². The average molecular weight is 410 g/mol. The Hall–Kier alpha value is -0.855. The maximum absolute atomic E-state index is 6.11. The van der Waals surface area contributed by atoms with Crippen molar-refractivity contribution in [2.45, 2.75) is 45.4 Å². The number of hydrogen-bond donors (Lipinski definition) is 0. The molecule has 1 fully saturated rings.